The van der Waals surface area contributed by atoms with Crippen LogP contribution in [0.15, 0.2) is 41.1 Å². The van der Waals surface area contributed by atoms with Crippen molar-refractivity contribution in [2.45, 2.75) is 13.8 Å². The van der Waals surface area contributed by atoms with Gasteiger partial charge in [-0.2, -0.15) is 0 Å². The maximum atomic E-state index is 5.89. The Balaban J connectivity index is 2.33. The van der Waals surface area contributed by atoms with Gasteiger partial charge < -0.3 is 10.1 Å². The number of allylic oxidation sites excluding steroid dienone is 1. The average Bonchev–Trinajstić information content (AvgIpc) is 2.46. The zero-order valence-electron chi connectivity index (χ0n) is 11.4. The number of benzene rings is 1. The lowest BCUT2D eigenvalue weighted by atomic mass is 10.2. The summed E-state index contributed by atoms with van der Waals surface area (Å²) in [7, 11) is 0. The topological polar surface area (TPSA) is 47.0 Å². The first-order valence-electron chi connectivity index (χ1n) is 6.40. The molecule has 1 heterocycles. The molecule has 5 heteroatoms. The molecule has 104 valence electrons. The summed E-state index contributed by atoms with van der Waals surface area (Å²) in [6, 6.07) is 7.82. The molecule has 0 aliphatic carbocycles. The van der Waals surface area contributed by atoms with Gasteiger partial charge in [-0.3, -0.25) is 0 Å². The fourth-order valence-electron chi connectivity index (χ4n) is 1.71. The lowest BCUT2D eigenvalue weighted by Gasteiger charge is -2.11. The van der Waals surface area contributed by atoms with E-state index in [2.05, 4.69) is 31.2 Å². The molecule has 1 N–H and O–H groups in total. The van der Waals surface area contributed by atoms with Crippen LogP contribution in [0.25, 0.3) is 6.08 Å². The second kappa shape index (κ2) is 7.05. The van der Waals surface area contributed by atoms with Gasteiger partial charge >= 0.3 is 0 Å². The van der Waals surface area contributed by atoms with Crippen LogP contribution in [0.3, 0.4) is 0 Å². The third kappa shape index (κ3) is 3.36. The Kier molecular flexibility index (Phi) is 5.12. The fraction of sp³-hybridized carbons (Fsp3) is 0.200. The van der Waals surface area contributed by atoms with Crippen LogP contribution in [0.2, 0.25) is 0 Å². The Morgan fingerprint density at radius 2 is 2.10 bits per heavy atom. The Bertz CT molecular complexity index is 614. The predicted octanol–water partition coefficient (Wildman–Crippen LogP) is 4.50. The van der Waals surface area contributed by atoms with Crippen molar-refractivity contribution in [3.63, 3.8) is 0 Å². The van der Waals surface area contributed by atoms with Crippen LogP contribution in [0.5, 0.6) is 11.6 Å². The SMILES string of the molecule is C/C=C/c1ccccc1Oc1ncnc(NCC)c1Br. The number of rotatable bonds is 5. The van der Waals surface area contributed by atoms with Crippen LogP contribution in [-0.4, -0.2) is 16.5 Å². The highest BCUT2D eigenvalue weighted by Crippen LogP contribution is 2.33. The van der Waals surface area contributed by atoms with E-state index in [0.29, 0.717) is 5.88 Å². The molecule has 0 bridgehead atoms. The van der Waals surface area contributed by atoms with Crippen molar-refractivity contribution in [2.24, 2.45) is 0 Å². The van der Waals surface area contributed by atoms with Crippen molar-refractivity contribution in [1.82, 2.24) is 9.97 Å². The van der Waals surface area contributed by atoms with Gasteiger partial charge in [0.15, 0.2) is 0 Å². The number of ether oxygens (including phenoxy) is 1. The van der Waals surface area contributed by atoms with Gasteiger partial charge in [0.1, 0.15) is 22.4 Å². The second-order valence-corrected chi connectivity index (χ2v) is 4.80. The lowest BCUT2D eigenvalue weighted by molar-refractivity contribution is 0.457. The average molecular weight is 334 g/mol. The van der Waals surface area contributed by atoms with Crippen LogP contribution in [0.1, 0.15) is 19.4 Å². The fourth-order valence-corrected chi connectivity index (χ4v) is 2.14. The maximum absolute atomic E-state index is 5.89. The highest BCUT2D eigenvalue weighted by atomic mass is 79.9. The molecule has 4 nitrogen and oxygen atoms in total. The quantitative estimate of drug-likeness (QED) is 0.875. The van der Waals surface area contributed by atoms with Gasteiger partial charge in [0.25, 0.3) is 0 Å². The standard InChI is InChI=1S/C15H16BrN3O/c1-3-7-11-8-5-6-9-12(11)20-15-13(16)14(17-4-2)18-10-19-15/h3,5-10H,4H2,1-2H3,(H,17,18,19)/b7-3+. The third-order valence-corrected chi connectivity index (χ3v) is 3.29. The van der Waals surface area contributed by atoms with Gasteiger partial charge in [0, 0.05) is 12.1 Å². The van der Waals surface area contributed by atoms with Crippen molar-refractivity contribution in [3.05, 3.63) is 46.7 Å². The number of aromatic nitrogens is 2. The number of hydrogen-bond donors (Lipinski definition) is 1. The highest BCUT2D eigenvalue weighted by molar-refractivity contribution is 9.10. The molecule has 0 spiro atoms. The lowest BCUT2D eigenvalue weighted by Crippen LogP contribution is -2.02. The molecule has 2 rings (SSSR count). The van der Waals surface area contributed by atoms with Gasteiger partial charge in [0.2, 0.25) is 5.88 Å². The summed E-state index contributed by atoms with van der Waals surface area (Å²) in [5.41, 5.74) is 1.01. The molecule has 0 aliphatic rings. The summed E-state index contributed by atoms with van der Waals surface area (Å²) in [4.78, 5) is 8.34. The predicted molar refractivity (Wildman–Crippen MR) is 85.1 cm³/mol. The van der Waals surface area contributed by atoms with Crippen LogP contribution >= 0.6 is 15.9 Å². The van der Waals surface area contributed by atoms with Crippen LogP contribution in [0.4, 0.5) is 5.82 Å². The Labute approximate surface area is 127 Å². The number of halogens is 1. The molecule has 0 atom stereocenters. The first-order valence-corrected chi connectivity index (χ1v) is 7.19. The molecule has 1 aromatic heterocycles. The highest BCUT2D eigenvalue weighted by Gasteiger charge is 2.11. The second-order valence-electron chi connectivity index (χ2n) is 4.01. The monoisotopic (exact) mass is 333 g/mol. The van der Waals surface area contributed by atoms with Gasteiger partial charge in [-0.05, 0) is 35.8 Å². The Morgan fingerprint density at radius 1 is 1.30 bits per heavy atom. The first-order chi connectivity index (χ1) is 9.76. The molecule has 1 aromatic carbocycles. The number of nitrogens with one attached hydrogen (secondary N) is 1. The van der Waals surface area contributed by atoms with E-state index in [4.69, 9.17) is 4.74 Å². The molecule has 0 radical (unpaired) electrons. The van der Waals surface area contributed by atoms with Gasteiger partial charge in [0.05, 0.1) is 0 Å². The number of nitrogens with zero attached hydrogens (tertiary/aromatic N) is 2. The Morgan fingerprint density at radius 3 is 2.85 bits per heavy atom. The molecule has 2 aromatic rings. The van der Waals surface area contributed by atoms with E-state index in [1.54, 1.807) is 0 Å². The normalized spacial score (nSPS) is 10.8. The van der Waals surface area contributed by atoms with Gasteiger partial charge in [-0.15, -0.1) is 0 Å². The minimum Gasteiger partial charge on any atom is -0.437 e. The van der Waals surface area contributed by atoms with Crippen molar-refractivity contribution in [2.75, 3.05) is 11.9 Å². The molecule has 0 fully saturated rings. The largest absolute Gasteiger partial charge is 0.437 e. The van der Waals surface area contributed by atoms with E-state index >= 15 is 0 Å². The van der Waals surface area contributed by atoms with E-state index in [0.717, 1.165) is 28.1 Å². The molecule has 0 saturated heterocycles. The molecule has 0 aliphatic heterocycles. The van der Waals surface area contributed by atoms with Gasteiger partial charge in [-0.25, -0.2) is 9.97 Å². The van der Waals surface area contributed by atoms with Crippen molar-refractivity contribution in [3.8, 4) is 11.6 Å². The Hall–Kier alpha value is -1.88. The smallest absolute Gasteiger partial charge is 0.238 e. The summed E-state index contributed by atoms with van der Waals surface area (Å²) >= 11 is 3.47. The number of hydrogen-bond acceptors (Lipinski definition) is 4. The van der Waals surface area contributed by atoms with Crippen LogP contribution in [0, 0.1) is 0 Å². The molecule has 0 unspecified atom stereocenters. The van der Waals surface area contributed by atoms with Crippen molar-refractivity contribution < 1.29 is 4.74 Å². The van der Waals surface area contributed by atoms with E-state index < -0.39 is 0 Å². The van der Waals surface area contributed by atoms with Crippen molar-refractivity contribution >= 4 is 27.8 Å². The molecule has 0 amide bonds. The zero-order valence-corrected chi connectivity index (χ0v) is 13.0. The summed E-state index contributed by atoms with van der Waals surface area (Å²) in [6.45, 7) is 4.77. The minimum absolute atomic E-state index is 0.493. The van der Waals surface area contributed by atoms with E-state index in [-0.39, 0.29) is 0 Å². The van der Waals surface area contributed by atoms with Crippen LogP contribution < -0.4 is 10.1 Å². The number of para-hydroxylation sites is 1. The van der Waals surface area contributed by atoms with E-state index in [1.165, 1.54) is 6.33 Å². The summed E-state index contributed by atoms with van der Waals surface area (Å²) < 4.78 is 6.61. The summed E-state index contributed by atoms with van der Waals surface area (Å²) in [6.07, 6.45) is 5.45. The van der Waals surface area contributed by atoms with Crippen LogP contribution in [-0.2, 0) is 0 Å². The maximum Gasteiger partial charge on any atom is 0.238 e. The summed E-state index contributed by atoms with van der Waals surface area (Å²) in [5, 5.41) is 3.15. The summed E-state index contributed by atoms with van der Waals surface area (Å²) in [5.74, 6) is 1.97. The molecule has 0 saturated carbocycles. The molecular weight excluding hydrogens is 318 g/mol. The molecular formula is C15H16BrN3O. The van der Waals surface area contributed by atoms with E-state index in [1.807, 2.05) is 50.3 Å². The van der Waals surface area contributed by atoms with Gasteiger partial charge in [-0.1, -0.05) is 30.4 Å². The molecule has 20 heavy (non-hydrogen) atoms. The minimum atomic E-state index is 0.493. The third-order valence-electron chi connectivity index (χ3n) is 2.57. The van der Waals surface area contributed by atoms with E-state index in [9.17, 15) is 0 Å². The first kappa shape index (κ1) is 14.5. The zero-order chi connectivity index (χ0) is 14.4. The number of anilines is 1. The van der Waals surface area contributed by atoms with Crippen molar-refractivity contribution in [1.29, 1.82) is 0 Å².